The first kappa shape index (κ1) is 27.1. The summed E-state index contributed by atoms with van der Waals surface area (Å²) in [6.07, 6.45) is -4.68. The lowest BCUT2D eigenvalue weighted by atomic mass is 10.1. The molecule has 6 nitrogen and oxygen atoms in total. The van der Waals surface area contributed by atoms with E-state index < -0.39 is 27.6 Å². The van der Waals surface area contributed by atoms with Crippen molar-refractivity contribution >= 4 is 40.0 Å². The highest BCUT2D eigenvalue weighted by Gasteiger charge is 2.33. The van der Waals surface area contributed by atoms with E-state index >= 15 is 0 Å². The van der Waals surface area contributed by atoms with Gasteiger partial charge in [-0.05, 0) is 49.4 Å². The number of guanidine groups is 1. The molecular weight excluding hydrogens is 551 g/mol. The topological polar surface area (TPSA) is 82.6 Å². The Kier molecular flexibility index (Phi) is 10.2. The number of alkyl halides is 3. The molecule has 172 valence electrons. The Balaban J connectivity index is 0.00000480. The fourth-order valence-corrected chi connectivity index (χ4v) is 3.28. The average molecular weight is 574 g/mol. The number of hydrogen-bond donors (Lipinski definition) is 3. The zero-order valence-electron chi connectivity index (χ0n) is 16.8. The molecule has 2 aromatic carbocycles. The van der Waals surface area contributed by atoms with Gasteiger partial charge in [0.2, 0.25) is 10.0 Å². The summed E-state index contributed by atoms with van der Waals surface area (Å²) in [5.74, 6) is -0.697. The van der Waals surface area contributed by atoms with E-state index in [2.05, 4.69) is 20.3 Å². The van der Waals surface area contributed by atoms with E-state index in [1.807, 2.05) is 0 Å². The average Bonchev–Trinajstić information content (AvgIpc) is 2.70. The van der Waals surface area contributed by atoms with Gasteiger partial charge in [-0.2, -0.15) is 13.2 Å². The van der Waals surface area contributed by atoms with E-state index in [0.717, 1.165) is 12.1 Å². The maximum Gasteiger partial charge on any atom is 0.416 e. The van der Waals surface area contributed by atoms with Gasteiger partial charge < -0.3 is 10.6 Å². The van der Waals surface area contributed by atoms with Crippen LogP contribution in [0, 0.1) is 5.82 Å². The molecule has 0 aromatic heterocycles. The van der Waals surface area contributed by atoms with Crippen molar-refractivity contribution in [1.82, 2.24) is 15.4 Å². The second-order valence-corrected chi connectivity index (χ2v) is 8.09. The first-order valence-electron chi connectivity index (χ1n) is 8.97. The van der Waals surface area contributed by atoms with Crippen LogP contribution in [-0.2, 0) is 29.3 Å². The fourth-order valence-electron chi connectivity index (χ4n) is 2.55. The van der Waals surface area contributed by atoms with Crippen molar-refractivity contribution in [1.29, 1.82) is 0 Å². The number of benzene rings is 2. The van der Waals surface area contributed by atoms with Crippen LogP contribution in [0.4, 0.5) is 17.6 Å². The quantitative estimate of drug-likeness (QED) is 0.204. The van der Waals surface area contributed by atoms with Gasteiger partial charge in [0, 0.05) is 13.1 Å². The molecule has 12 heteroatoms. The number of nitrogens with one attached hydrogen (secondary N) is 3. The number of aliphatic imine (C=N–C) groups is 1. The molecule has 3 N–H and O–H groups in total. The molecule has 0 aliphatic carbocycles. The first-order valence-corrected chi connectivity index (χ1v) is 10.5. The number of halogens is 5. The van der Waals surface area contributed by atoms with Crippen LogP contribution in [-0.4, -0.2) is 28.0 Å². The minimum atomic E-state index is -4.68. The summed E-state index contributed by atoms with van der Waals surface area (Å²) >= 11 is 0. The van der Waals surface area contributed by atoms with Crippen LogP contribution in [0.3, 0.4) is 0 Å². The summed E-state index contributed by atoms with van der Waals surface area (Å²) in [7, 11) is -2.23. The minimum absolute atomic E-state index is 0. The Morgan fingerprint density at radius 3 is 2.26 bits per heavy atom. The van der Waals surface area contributed by atoms with Crippen molar-refractivity contribution in [2.75, 3.05) is 13.6 Å². The molecule has 0 atom stereocenters. The van der Waals surface area contributed by atoms with Gasteiger partial charge in [-0.15, -0.1) is 24.0 Å². The number of sulfonamides is 1. The molecule has 31 heavy (non-hydrogen) atoms. The summed E-state index contributed by atoms with van der Waals surface area (Å²) in [6, 6.07) is 8.57. The van der Waals surface area contributed by atoms with Crippen LogP contribution < -0.4 is 15.4 Å². The van der Waals surface area contributed by atoms with E-state index in [0.29, 0.717) is 18.2 Å². The van der Waals surface area contributed by atoms with Gasteiger partial charge in [0.1, 0.15) is 5.82 Å². The van der Waals surface area contributed by atoms with E-state index in [1.54, 1.807) is 19.1 Å². The summed E-state index contributed by atoms with van der Waals surface area (Å²) < 4.78 is 78.3. The maximum atomic E-state index is 13.2. The molecule has 2 rings (SSSR count). The van der Waals surface area contributed by atoms with Crippen molar-refractivity contribution in [2.24, 2.45) is 4.99 Å². The molecule has 0 amide bonds. The van der Waals surface area contributed by atoms with Crippen molar-refractivity contribution < 1.29 is 26.0 Å². The normalized spacial score (nSPS) is 12.3. The summed E-state index contributed by atoms with van der Waals surface area (Å²) in [6.45, 7) is 2.24. The van der Waals surface area contributed by atoms with Crippen LogP contribution in [0.25, 0.3) is 0 Å². The standard InChI is InChI=1S/C19H22F4N4O2S.HI/c1-3-25-18(26-11-13-4-8-16(9-5-13)30(28,29)24-2)27-12-14-6-7-15(20)10-17(14)19(21,22)23;/h4-10,24H,3,11-12H2,1-2H3,(H2,25,26,27);1H. The molecule has 0 saturated carbocycles. The lowest BCUT2D eigenvalue weighted by molar-refractivity contribution is -0.138. The van der Waals surface area contributed by atoms with Crippen LogP contribution in [0.15, 0.2) is 52.4 Å². The van der Waals surface area contributed by atoms with Crippen LogP contribution in [0.5, 0.6) is 0 Å². The van der Waals surface area contributed by atoms with Gasteiger partial charge in [-0.1, -0.05) is 18.2 Å². The smallest absolute Gasteiger partial charge is 0.357 e. The Bertz CT molecular complexity index is 997. The third-order valence-corrected chi connectivity index (χ3v) is 5.52. The third-order valence-electron chi connectivity index (χ3n) is 4.09. The van der Waals surface area contributed by atoms with Gasteiger partial charge in [0.15, 0.2) is 5.96 Å². The summed E-state index contributed by atoms with van der Waals surface area (Å²) in [4.78, 5) is 4.40. The Morgan fingerprint density at radius 1 is 1.06 bits per heavy atom. The molecule has 0 saturated heterocycles. The van der Waals surface area contributed by atoms with Gasteiger partial charge in [0.25, 0.3) is 0 Å². The van der Waals surface area contributed by atoms with Gasteiger partial charge in [-0.25, -0.2) is 22.5 Å². The van der Waals surface area contributed by atoms with Crippen molar-refractivity contribution in [2.45, 2.75) is 31.1 Å². The highest BCUT2D eigenvalue weighted by molar-refractivity contribution is 14.0. The predicted molar refractivity (Wildman–Crippen MR) is 121 cm³/mol. The van der Waals surface area contributed by atoms with Gasteiger partial charge in [-0.3, -0.25) is 0 Å². The maximum absolute atomic E-state index is 13.2. The second kappa shape index (κ2) is 11.6. The van der Waals surface area contributed by atoms with E-state index in [1.165, 1.54) is 19.2 Å². The van der Waals surface area contributed by atoms with E-state index in [9.17, 15) is 26.0 Å². The van der Waals surface area contributed by atoms with E-state index in [-0.39, 0.29) is 53.5 Å². The number of nitrogens with zero attached hydrogens (tertiary/aromatic N) is 1. The monoisotopic (exact) mass is 574 g/mol. The molecule has 0 radical (unpaired) electrons. The van der Waals surface area contributed by atoms with Crippen LogP contribution in [0.2, 0.25) is 0 Å². The third kappa shape index (κ3) is 7.92. The van der Waals surface area contributed by atoms with Crippen molar-refractivity contribution in [3.63, 3.8) is 0 Å². The van der Waals surface area contributed by atoms with E-state index in [4.69, 9.17) is 0 Å². The van der Waals surface area contributed by atoms with Crippen LogP contribution in [0.1, 0.15) is 23.6 Å². The zero-order chi connectivity index (χ0) is 22.4. The van der Waals surface area contributed by atoms with Crippen LogP contribution >= 0.6 is 24.0 Å². The molecule has 0 aliphatic heterocycles. The summed E-state index contributed by atoms with van der Waals surface area (Å²) in [5, 5.41) is 5.71. The lowest BCUT2D eigenvalue weighted by Crippen LogP contribution is -2.37. The number of rotatable bonds is 7. The highest BCUT2D eigenvalue weighted by atomic mass is 127. The molecule has 0 bridgehead atoms. The molecule has 0 heterocycles. The number of hydrogen-bond acceptors (Lipinski definition) is 3. The Labute approximate surface area is 195 Å². The molecule has 0 spiro atoms. The molecule has 0 unspecified atom stereocenters. The summed E-state index contributed by atoms with van der Waals surface area (Å²) in [5.41, 5.74) is -0.455. The molecular formula is C19H23F4IN4O2S. The zero-order valence-corrected chi connectivity index (χ0v) is 19.9. The lowest BCUT2D eigenvalue weighted by Gasteiger charge is -2.16. The second-order valence-electron chi connectivity index (χ2n) is 6.20. The largest absolute Gasteiger partial charge is 0.416 e. The SMILES string of the molecule is CCNC(=NCc1ccc(S(=O)(=O)NC)cc1)NCc1ccc(F)cc1C(F)(F)F.I. The van der Waals surface area contributed by atoms with Crippen molar-refractivity contribution in [3.05, 3.63) is 65.0 Å². The molecule has 0 aliphatic rings. The minimum Gasteiger partial charge on any atom is -0.357 e. The molecule has 0 fully saturated rings. The predicted octanol–water partition coefficient (Wildman–Crippen LogP) is 3.63. The Hall–Kier alpha value is -1.93. The van der Waals surface area contributed by atoms with Gasteiger partial charge >= 0.3 is 6.18 Å². The van der Waals surface area contributed by atoms with Gasteiger partial charge in [0.05, 0.1) is 17.0 Å². The highest BCUT2D eigenvalue weighted by Crippen LogP contribution is 2.32. The fraction of sp³-hybridized carbons (Fsp3) is 0.316. The first-order chi connectivity index (χ1) is 14.1. The van der Waals surface area contributed by atoms with Crippen molar-refractivity contribution in [3.8, 4) is 0 Å². The molecule has 2 aromatic rings. The Morgan fingerprint density at radius 2 is 1.71 bits per heavy atom.